The Labute approximate surface area is 115 Å². The molecule has 1 aliphatic heterocycles. The van der Waals surface area contributed by atoms with Gasteiger partial charge in [-0.15, -0.1) is 0 Å². The molecule has 3 unspecified atom stereocenters. The van der Waals surface area contributed by atoms with E-state index in [9.17, 15) is 4.39 Å². The van der Waals surface area contributed by atoms with Crippen LogP contribution in [0.1, 0.15) is 36.9 Å². The summed E-state index contributed by atoms with van der Waals surface area (Å²) in [6.45, 7) is 4.62. The van der Waals surface area contributed by atoms with Crippen molar-refractivity contribution in [2.24, 2.45) is 5.92 Å². The minimum absolute atomic E-state index is 0.0294. The van der Waals surface area contributed by atoms with Gasteiger partial charge in [-0.2, -0.15) is 0 Å². The Hall–Kier alpha value is -0.930. The summed E-state index contributed by atoms with van der Waals surface area (Å²) in [5.41, 5.74) is 2.12. The van der Waals surface area contributed by atoms with Crippen molar-refractivity contribution in [1.29, 1.82) is 0 Å². The van der Waals surface area contributed by atoms with Crippen LogP contribution in [0.5, 0.6) is 0 Å². The molecular formula is C16H23FN2. The second-order valence-electron chi connectivity index (χ2n) is 6.20. The van der Waals surface area contributed by atoms with E-state index >= 15 is 0 Å². The molecule has 2 aliphatic rings. The summed E-state index contributed by atoms with van der Waals surface area (Å²) >= 11 is 0. The molecule has 0 radical (unpaired) electrons. The van der Waals surface area contributed by atoms with Gasteiger partial charge in [0.05, 0.1) is 0 Å². The molecule has 0 bridgehead atoms. The number of rotatable bonds is 2. The molecule has 0 spiro atoms. The smallest absolute Gasteiger partial charge is 0.126 e. The first-order chi connectivity index (χ1) is 9.15. The van der Waals surface area contributed by atoms with Gasteiger partial charge in [0.1, 0.15) is 5.82 Å². The molecule has 1 N–H and O–H groups in total. The molecule has 0 amide bonds. The molecule has 1 fully saturated rings. The van der Waals surface area contributed by atoms with E-state index in [1.807, 2.05) is 6.07 Å². The number of hydrogen-bond acceptors (Lipinski definition) is 2. The number of nitrogens with zero attached hydrogens (tertiary/aromatic N) is 1. The number of likely N-dealkylation sites (tertiary alicyclic amines) is 1. The third kappa shape index (κ3) is 2.54. The zero-order chi connectivity index (χ0) is 13.4. The van der Waals surface area contributed by atoms with E-state index in [-0.39, 0.29) is 5.82 Å². The lowest BCUT2D eigenvalue weighted by Crippen LogP contribution is -2.47. The average Bonchev–Trinajstić information content (AvgIpc) is 2.78. The Kier molecular flexibility index (Phi) is 3.59. The highest BCUT2D eigenvalue weighted by atomic mass is 19.1. The lowest BCUT2D eigenvalue weighted by molar-refractivity contribution is 0.166. The molecule has 1 aliphatic carbocycles. The molecule has 3 atom stereocenters. The van der Waals surface area contributed by atoms with Crippen LogP contribution in [-0.2, 0) is 6.42 Å². The Bertz CT molecular complexity index is 460. The van der Waals surface area contributed by atoms with Crippen molar-refractivity contribution in [2.75, 3.05) is 20.1 Å². The molecule has 1 saturated heterocycles. The molecule has 1 heterocycles. The number of piperidine rings is 1. The summed E-state index contributed by atoms with van der Waals surface area (Å²) in [5.74, 6) is 0.634. The number of benzene rings is 1. The molecule has 3 rings (SSSR count). The van der Waals surface area contributed by atoms with E-state index < -0.39 is 0 Å². The molecule has 1 aromatic rings. The van der Waals surface area contributed by atoms with Crippen LogP contribution in [0.3, 0.4) is 0 Å². The van der Waals surface area contributed by atoms with Crippen LogP contribution < -0.4 is 5.32 Å². The maximum atomic E-state index is 13.7. The highest BCUT2D eigenvalue weighted by Crippen LogP contribution is 2.34. The van der Waals surface area contributed by atoms with Crippen LogP contribution in [0.25, 0.3) is 0 Å². The lowest BCUT2D eigenvalue weighted by Gasteiger charge is -2.37. The summed E-state index contributed by atoms with van der Waals surface area (Å²) in [4.78, 5) is 2.39. The van der Waals surface area contributed by atoms with Crippen molar-refractivity contribution in [2.45, 2.75) is 38.3 Å². The zero-order valence-corrected chi connectivity index (χ0v) is 11.8. The largest absolute Gasteiger partial charge is 0.307 e. The second kappa shape index (κ2) is 5.22. The number of hydrogen-bond donors (Lipinski definition) is 1. The third-order valence-electron chi connectivity index (χ3n) is 4.74. The number of halogens is 1. The summed E-state index contributed by atoms with van der Waals surface area (Å²) < 4.78 is 13.7. The standard InChI is InChI=1S/C16H23FN2/c1-11-10-19(2)9-8-15(11)18-16-7-6-12-13(16)4-3-5-14(12)17/h3-5,11,15-16,18H,6-10H2,1-2H3. The van der Waals surface area contributed by atoms with Crippen molar-refractivity contribution < 1.29 is 4.39 Å². The minimum atomic E-state index is -0.0294. The van der Waals surface area contributed by atoms with E-state index in [4.69, 9.17) is 0 Å². The number of nitrogens with one attached hydrogen (secondary N) is 1. The molecule has 1 aromatic carbocycles. The number of fused-ring (bicyclic) bond motifs is 1. The second-order valence-corrected chi connectivity index (χ2v) is 6.20. The third-order valence-corrected chi connectivity index (χ3v) is 4.74. The SMILES string of the molecule is CC1CN(C)CCC1NC1CCc2c(F)cccc21. The maximum absolute atomic E-state index is 13.7. The van der Waals surface area contributed by atoms with Crippen molar-refractivity contribution in [3.63, 3.8) is 0 Å². The van der Waals surface area contributed by atoms with Gasteiger partial charge in [-0.3, -0.25) is 0 Å². The van der Waals surface area contributed by atoms with Gasteiger partial charge in [0.15, 0.2) is 0 Å². The topological polar surface area (TPSA) is 15.3 Å². The van der Waals surface area contributed by atoms with Gasteiger partial charge in [0, 0.05) is 18.6 Å². The van der Waals surface area contributed by atoms with Gasteiger partial charge in [0.2, 0.25) is 0 Å². The highest BCUT2D eigenvalue weighted by Gasteiger charge is 2.30. The summed E-state index contributed by atoms with van der Waals surface area (Å²) in [5, 5.41) is 3.78. The summed E-state index contributed by atoms with van der Waals surface area (Å²) in [6.07, 6.45) is 3.11. The van der Waals surface area contributed by atoms with E-state index in [1.165, 1.54) is 12.0 Å². The molecule has 19 heavy (non-hydrogen) atoms. The Morgan fingerprint density at radius 1 is 1.32 bits per heavy atom. The normalized spacial score (nSPS) is 31.4. The van der Waals surface area contributed by atoms with Crippen molar-refractivity contribution in [3.8, 4) is 0 Å². The van der Waals surface area contributed by atoms with Gasteiger partial charge >= 0.3 is 0 Å². The quantitative estimate of drug-likeness (QED) is 0.881. The highest BCUT2D eigenvalue weighted by molar-refractivity contribution is 5.35. The zero-order valence-electron chi connectivity index (χ0n) is 11.8. The monoisotopic (exact) mass is 262 g/mol. The van der Waals surface area contributed by atoms with Crippen LogP contribution in [0, 0.1) is 11.7 Å². The molecule has 2 nitrogen and oxygen atoms in total. The average molecular weight is 262 g/mol. The Morgan fingerprint density at radius 3 is 2.95 bits per heavy atom. The lowest BCUT2D eigenvalue weighted by atomic mass is 9.93. The predicted molar refractivity (Wildman–Crippen MR) is 75.7 cm³/mol. The fourth-order valence-electron chi connectivity index (χ4n) is 3.64. The molecule has 104 valence electrons. The first-order valence-corrected chi connectivity index (χ1v) is 7.37. The fraction of sp³-hybridized carbons (Fsp3) is 0.625. The first-order valence-electron chi connectivity index (χ1n) is 7.37. The first kappa shape index (κ1) is 13.1. The van der Waals surface area contributed by atoms with Crippen molar-refractivity contribution in [3.05, 3.63) is 35.1 Å². The van der Waals surface area contributed by atoms with Gasteiger partial charge in [-0.1, -0.05) is 19.1 Å². The van der Waals surface area contributed by atoms with Gasteiger partial charge in [-0.05, 0) is 56.0 Å². The van der Waals surface area contributed by atoms with Gasteiger partial charge in [0.25, 0.3) is 0 Å². The van der Waals surface area contributed by atoms with Crippen LogP contribution in [0.15, 0.2) is 18.2 Å². The summed E-state index contributed by atoms with van der Waals surface area (Å²) in [7, 11) is 2.19. The van der Waals surface area contributed by atoms with E-state index in [2.05, 4.69) is 30.3 Å². The van der Waals surface area contributed by atoms with E-state index in [0.29, 0.717) is 18.0 Å². The van der Waals surface area contributed by atoms with Crippen molar-refractivity contribution >= 4 is 0 Å². The van der Waals surface area contributed by atoms with E-state index in [1.54, 1.807) is 6.07 Å². The van der Waals surface area contributed by atoms with Crippen LogP contribution in [-0.4, -0.2) is 31.1 Å². The summed E-state index contributed by atoms with van der Waals surface area (Å²) in [6, 6.07) is 6.42. The van der Waals surface area contributed by atoms with Crippen molar-refractivity contribution in [1.82, 2.24) is 10.2 Å². The van der Waals surface area contributed by atoms with Crippen LogP contribution >= 0.6 is 0 Å². The molecular weight excluding hydrogens is 239 g/mol. The Balaban J connectivity index is 1.71. The Morgan fingerprint density at radius 2 is 2.16 bits per heavy atom. The predicted octanol–water partition coefficient (Wildman–Crippen LogP) is 2.74. The maximum Gasteiger partial charge on any atom is 0.126 e. The molecule has 0 aromatic heterocycles. The van der Waals surface area contributed by atoms with Gasteiger partial charge < -0.3 is 10.2 Å². The van der Waals surface area contributed by atoms with Gasteiger partial charge in [-0.25, -0.2) is 4.39 Å². The molecule has 3 heteroatoms. The minimum Gasteiger partial charge on any atom is -0.307 e. The fourth-order valence-corrected chi connectivity index (χ4v) is 3.64. The molecule has 0 saturated carbocycles. The van der Waals surface area contributed by atoms with E-state index in [0.717, 1.165) is 31.5 Å². The van der Waals surface area contributed by atoms with Crippen LogP contribution in [0.2, 0.25) is 0 Å². The van der Waals surface area contributed by atoms with Crippen LogP contribution in [0.4, 0.5) is 4.39 Å².